The summed E-state index contributed by atoms with van der Waals surface area (Å²) in [6, 6.07) is 21.7. The molecule has 218 valence electrons. The van der Waals surface area contributed by atoms with Gasteiger partial charge in [0.15, 0.2) is 6.10 Å². The predicted molar refractivity (Wildman–Crippen MR) is 165 cm³/mol. The van der Waals surface area contributed by atoms with Crippen LogP contribution in [0.3, 0.4) is 0 Å². The van der Waals surface area contributed by atoms with E-state index in [1.54, 1.807) is 0 Å². The first kappa shape index (κ1) is 28.8. The molecule has 2 aromatic heterocycles. The van der Waals surface area contributed by atoms with Crippen LogP contribution in [-0.4, -0.2) is 56.0 Å². The van der Waals surface area contributed by atoms with Crippen molar-refractivity contribution >= 4 is 68.8 Å². The van der Waals surface area contributed by atoms with Crippen molar-refractivity contribution in [2.24, 2.45) is 0 Å². The molecule has 2 unspecified atom stereocenters. The van der Waals surface area contributed by atoms with E-state index in [1.165, 1.54) is 34.9 Å². The Morgan fingerprint density at radius 1 is 1.00 bits per heavy atom. The Bertz CT molecular complexity index is 1650. The predicted octanol–water partition coefficient (Wildman–Crippen LogP) is 4.24. The number of rotatable bonds is 9. The summed E-state index contributed by atoms with van der Waals surface area (Å²) >= 11 is 3.98. The van der Waals surface area contributed by atoms with Gasteiger partial charge in [0.1, 0.15) is 22.1 Å². The second-order valence-corrected chi connectivity index (χ2v) is 12.9. The van der Waals surface area contributed by atoms with Crippen molar-refractivity contribution in [2.45, 2.75) is 30.9 Å². The van der Waals surface area contributed by atoms with E-state index >= 15 is 0 Å². The first-order valence-corrected chi connectivity index (χ1v) is 16.1. The van der Waals surface area contributed by atoms with Crippen LogP contribution in [0.2, 0.25) is 0 Å². The minimum Gasteiger partial charge on any atom is -0.448 e. The Morgan fingerprint density at radius 2 is 1.70 bits per heavy atom. The minimum absolute atomic E-state index is 0.0555. The lowest BCUT2D eigenvalue weighted by atomic mass is 10.0. The fraction of sp³-hybridized carbons (Fsp3) is 0.200. The van der Waals surface area contributed by atoms with Gasteiger partial charge in [-0.2, -0.15) is 0 Å². The maximum atomic E-state index is 14.1. The van der Waals surface area contributed by atoms with Crippen molar-refractivity contribution in [1.29, 1.82) is 0 Å². The highest BCUT2D eigenvalue weighted by molar-refractivity contribution is 8.00. The van der Waals surface area contributed by atoms with Crippen LogP contribution >= 0.6 is 34.4 Å². The molecule has 1 saturated heterocycles. The molecule has 10 nitrogen and oxygen atoms in total. The Morgan fingerprint density at radius 3 is 2.33 bits per heavy atom. The average Bonchev–Trinajstić information content (AvgIpc) is 3.70. The third-order valence-corrected chi connectivity index (χ3v) is 9.84. The number of β-lactam (4-membered cyclic amide) rings is 1. The molecule has 0 aliphatic carbocycles. The molecule has 2 N–H and O–H groups in total. The molecule has 43 heavy (non-hydrogen) atoms. The quantitative estimate of drug-likeness (QED) is 0.207. The number of nitrogens with one attached hydrogen (secondary N) is 2. The van der Waals surface area contributed by atoms with Crippen LogP contribution < -0.4 is 10.6 Å². The van der Waals surface area contributed by atoms with E-state index in [9.17, 15) is 19.2 Å². The summed E-state index contributed by atoms with van der Waals surface area (Å²) in [6.07, 6.45) is -0.569. The summed E-state index contributed by atoms with van der Waals surface area (Å²) < 4.78 is 6.17. The number of amides is 3. The van der Waals surface area contributed by atoms with Gasteiger partial charge in [-0.25, -0.2) is 4.79 Å². The van der Waals surface area contributed by atoms with E-state index in [0.29, 0.717) is 16.3 Å². The van der Waals surface area contributed by atoms with Gasteiger partial charge >= 0.3 is 5.97 Å². The number of nitrogens with zero attached hydrogens (tertiary/aromatic N) is 3. The Kier molecular flexibility index (Phi) is 8.36. The van der Waals surface area contributed by atoms with Crippen LogP contribution in [0.5, 0.6) is 0 Å². The van der Waals surface area contributed by atoms with Crippen molar-refractivity contribution in [1.82, 2.24) is 20.4 Å². The summed E-state index contributed by atoms with van der Waals surface area (Å²) in [4.78, 5) is 54.3. The maximum absolute atomic E-state index is 14.1. The number of carbonyl (C=O) groups excluding carboxylic acids is 4. The molecule has 2 aromatic carbocycles. The largest absolute Gasteiger partial charge is 0.448 e. The van der Waals surface area contributed by atoms with Crippen LogP contribution in [0.4, 0.5) is 5.13 Å². The van der Waals surface area contributed by atoms with Gasteiger partial charge in [-0.3, -0.25) is 19.3 Å². The smallest absolute Gasteiger partial charge is 0.356 e. The number of fused-ring (bicyclic) bond motifs is 1. The summed E-state index contributed by atoms with van der Waals surface area (Å²) in [6.45, 7) is 1.36. The molecule has 6 rings (SSSR count). The second kappa shape index (κ2) is 12.5. The third kappa shape index (κ3) is 6.10. The molecule has 0 bridgehead atoms. The van der Waals surface area contributed by atoms with Crippen LogP contribution in [-0.2, 0) is 30.3 Å². The van der Waals surface area contributed by atoms with Gasteiger partial charge in [0, 0.05) is 23.1 Å². The van der Waals surface area contributed by atoms with E-state index in [1.807, 2.05) is 78.2 Å². The molecule has 0 saturated carbocycles. The number of anilines is 1. The van der Waals surface area contributed by atoms with Crippen molar-refractivity contribution in [3.8, 4) is 0 Å². The molecule has 0 spiro atoms. The van der Waals surface area contributed by atoms with Gasteiger partial charge in [-0.15, -0.1) is 33.3 Å². The number of ether oxygens (including phenoxy) is 1. The monoisotopic (exact) mass is 631 g/mol. The zero-order valence-corrected chi connectivity index (χ0v) is 25.2. The second-order valence-electron chi connectivity index (χ2n) is 9.74. The molecule has 2 aliphatic heterocycles. The molecule has 3 amide bonds. The fourth-order valence-corrected chi connectivity index (χ4v) is 7.84. The van der Waals surface area contributed by atoms with Crippen LogP contribution in [0.1, 0.15) is 34.0 Å². The first-order valence-electron chi connectivity index (χ1n) is 13.3. The molecular weight excluding hydrogens is 607 g/mol. The Hall–Kier alpha value is -4.33. The topological polar surface area (TPSA) is 131 Å². The van der Waals surface area contributed by atoms with Gasteiger partial charge in [-0.05, 0) is 22.6 Å². The molecule has 1 fully saturated rings. The standard InChI is InChI=1S/C30H25N5O5S3/c1-17(36)31-30-34-33-26(43-30)21-16-42-28-23(32-22(37)15-20-13-8-14-41-20)27(38)35(28)24(21)29(39)40-25(18-9-4-2-5-10-18)19-11-6-3-7-12-19/h2-14,23,25,28H,15-16H2,1H3,(H,32,37)(H,31,34,36). The summed E-state index contributed by atoms with van der Waals surface area (Å²) in [5.74, 6) is -1.37. The minimum atomic E-state index is -0.787. The first-order chi connectivity index (χ1) is 20.9. The van der Waals surface area contributed by atoms with Gasteiger partial charge < -0.3 is 15.4 Å². The molecule has 4 aromatic rings. The summed E-state index contributed by atoms with van der Waals surface area (Å²) in [5.41, 5.74) is 2.06. The Labute approximate surface area is 259 Å². The molecule has 13 heteroatoms. The van der Waals surface area contributed by atoms with Gasteiger partial charge in [0.05, 0.1) is 6.42 Å². The lowest BCUT2D eigenvalue weighted by Crippen LogP contribution is -2.70. The number of thioether (sulfide) groups is 1. The lowest BCUT2D eigenvalue weighted by molar-refractivity contribution is -0.154. The molecule has 4 heterocycles. The number of hydrogen-bond acceptors (Lipinski definition) is 10. The van der Waals surface area contributed by atoms with Crippen LogP contribution in [0, 0.1) is 0 Å². The van der Waals surface area contributed by atoms with E-state index in [4.69, 9.17) is 4.74 Å². The number of hydrogen-bond donors (Lipinski definition) is 2. The summed E-state index contributed by atoms with van der Waals surface area (Å²) in [7, 11) is 0. The van der Waals surface area contributed by atoms with Crippen molar-refractivity contribution in [3.05, 3.63) is 105 Å². The van der Waals surface area contributed by atoms with Gasteiger partial charge in [-0.1, -0.05) is 78.1 Å². The third-order valence-electron chi connectivity index (χ3n) is 6.79. The van der Waals surface area contributed by atoms with Crippen LogP contribution in [0.25, 0.3) is 5.57 Å². The normalized spacial score (nSPS) is 17.7. The van der Waals surface area contributed by atoms with E-state index in [-0.39, 0.29) is 29.1 Å². The average molecular weight is 632 g/mol. The number of carbonyl (C=O) groups is 4. The van der Waals surface area contributed by atoms with E-state index < -0.39 is 29.4 Å². The van der Waals surface area contributed by atoms with Crippen molar-refractivity contribution in [2.75, 3.05) is 11.1 Å². The Balaban J connectivity index is 1.33. The van der Waals surface area contributed by atoms with Crippen molar-refractivity contribution < 1.29 is 23.9 Å². The van der Waals surface area contributed by atoms with Crippen LogP contribution in [0.15, 0.2) is 83.9 Å². The van der Waals surface area contributed by atoms with Gasteiger partial charge in [0.2, 0.25) is 16.9 Å². The zero-order valence-electron chi connectivity index (χ0n) is 22.8. The number of thiophene rings is 1. The van der Waals surface area contributed by atoms with Gasteiger partial charge in [0.25, 0.3) is 5.91 Å². The number of benzene rings is 2. The SMILES string of the molecule is CC(=O)Nc1nnc(C2=C(C(=O)OC(c3ccccc3)c3ccccc3)N3C(=O)C(NC(=O)Cc4cccs4)C3SC2)s1. The fourth-order valence-electron chi connectivity index (χ4n) is 4.86. The molecule has 2 aliphatic rings. The molecule has 2 atom stereocenters. The maximum Gasteiger partial charge on any atom is 0.356 e. The van der Waals surface area contributed by atoms with E-state index in [0.717, 1.165) is 27.3 Å². The summed E-state index contributed by atoms with van der Waals surface area (Å²) in [5, 5.41) is 15.7. The van der Waals surface area contributed by atoms with Crippen molar-refractivity contribution in [3.63, 3.8) is 0 Å². The van der Waals surface area contributed by atoms with E-state index in [2.05, 4.69) is 20.8 Å². The lowest BCUT2D eigenvalue weighted by Gasteiger charge is -2.49. The highest BCUT2D eigenvalue weighted by Crippen LogP contribution is 2.45. The zero-order chi connectivity index (χ0) is 29.9. The molecular formula is C30H25N5O5S3. The molecule has 0 radical (unpaired) electrons. The highest BCUT2D eigenvalue weighted by Gasteiger charge is 2.55. The number of aromatic nitrogens is 2. The number of esters is 1. The highest BCUT2D eigenvalue weighted by atomic mass is 32.2.